The molecule has 130 valence electrons. The molecule has 3 heterocycles. The third kappa shape index (κ3) is 3.01. The lowest BCUT2D eigenvalue weighted by Crippen LogP contribution is -2.59. The van der Waals surface area contributed by atoms with Crippen LogP contribution in [0.25, 0.3) is 11.0 Å². The fourth-order valence-electron chi connectivity index (χ4n) is 3.02. The van der Waals surface area contributed by atoms with Crippen LogP contribution in [0, 0.1) is 6.92 Å². The molecule has 0 atom stereocenters. The zero-order chi connectivity index (χ0) is 17.6. The van der Waals surface area contributed by atoms with Crippen molar-refractivity contribution in [1.29, 1.82) is 0 Å². The summed E-state index contributed by atoms with van der Waals surface area (Å²) < 4.78 is 10.3. The molecule has 0 aliphatic carbocycles. The number of hydrogen-bond donors (Lipinski definition) is 0. The largest absolute Gasteiger partial charge is 0.361 e. The number of nitrogens with zero attached hydrogens (tertiary/aromatic N) is 4. The molecule has 0 unspecified atom stereocenters. The Labute approximate surface area is 149 Å². The normalized spacial score (nSPS) is 15.5. The van der Waals surface area contributed by atoms with Gasteiger partial charge in [0.2, 0.25) is 0 Å². The number of aryl methyl sites for hydroxylation is 1. The summed E-state index contributed by atoms with van der Waals surface area (Å²) >= 11 is 6.05. The Kier molecular flexibility index (Phi) is 3.97. The molecule has 7 nitrogen and oxygen atoms in total. The van der Waals surface area contributed by atoms with Crippen molar-refractivity contribution < 1.29 is 13.8 Å². The molecule has 1 fully saturated rings. The summed E-state index contributed by atoms with van der Waals surface area (Å²) in [6, 6.07) is 7.26. The van der Waals surface area contributed by atoms with Gasteiger partial charge in [0.25, 0.3) is 5.91 Å². The second kappa shape index (κ2) is 6.16. The number of halogens is 1. The van der Waals surface area contributed by atoms with Crippen molar-refractivity contribution in [2.24, 2.45) is 0 Å². The van der Waals surface area contributed by atoms with Crippen LogP contribution in [0.3, 0.4) is 0 Å². The molecule has 2 aromatic heterocycles. The maximum absolute atomic E-state index is 12.4. The second-order valence-corrected chi connectivity index (χ2v) is 6.79. The van der Waals surface area contributed by atoms with E-state index in [2.05, 4.69) is 15.2 Å². The number of likely N-dealkylation sites (tertiary alicyclic amines) is 1. The first-order valence-corrected chi connectivity index (χ1v) is 8.35. The molecule has 1 amide bonds. The standard InChI is InChI=1S/C17H17ClN4O3/c1-10-5-14(19-24-10)17(23)21(2)12-7-22(8-12)9-15-13-6-11(18)3-4-16(13)25-20-15/h3-6,12H,7-9H2,1-2H3. The molecule has 1 aromatic carbocycles. The van der Waals surface area contributed by atoms with E-state index in [1.807, 2.05) is 12.1 Å². The van der Waals surface area contributed by atoms with Crippen LogP contribution in [-0.2, 0) is 6.54 Å². The van der Waals surface area contributed by atoms with E-state index in [0.717, 1.165) is 29.8 Å². The van der Waals surface area contributed by atoms with Gasteiger partial charge in [-0.3, -0.25) is 9.69 Å². The lowest BCUT2D eigenvalue weighted by molar-refractivity contribution is 0.0321. The Hall–Kier alpha value is -2.38. The fraction of sp³-hybridized carbons (Fsp3) is 0.353. The van der Waals surface area contributed by atoms with Crippen LogP contribution in [0.5, 0.6) is 0 Å². The smallest absolute Gasteiger partial charge is 0.276 e. The van der Waals surface area contributed by atoms with E-state index in [9.17, 15) is 4.79 Å². The number of carbonyl (C=O) groups is 1. The van der Waals surface area contributed by atoms with Crippen molar-refractivity contribution in [3.63, 3.8) is 0 Å². The van der Waals surface area contributed by atoms with Crippen molar-refractivity contribution >= 4 is 28.5 Å². The highest BCUT2D eigenvalue weighted by molar-refractivity contribution is 6.31. The molecule has 1 aliphatic heterocycles. The molecule has 8 heteroatoms. The van der Waals surface area contributed by atoms with Crippen LogP contribution in [0.4, 0.5) is 0 Å². The van der Waals surface area contributed by atoms with Gasteiger partial charge >= 0.3 is 0 Å². The van der Waals surface area contributed by atoms with Gasteiger partial charge in [-0.2, -0.15) is 0 Å². The Balaban J connectivity index is 1.38. The third-order valence-electron chi connectivity index (χ3n) is 4.53. The van der Waals surface area contributed by atoms with Crippen LogP contribution in [-0.4, -0.2) is 52.2 Å². The molecule has 25 heavy (non-hydrogen) atoms. The first-order chi connectivity index (χ1) is 12.0. The Morgan fingerprint density at radius 1 is 1.32 bits per heavy atom. The highest BCUT2D eigenvalue weighted by Crippen LogP contribution is 2.25. The molecule has 0 N–H and O–H groups in total. The Bertz CT molecular complexity index is 929. The summed E-state index contributed by atoms with van der Waals surface area (Å²) in [5.41, 5.74) is 1.93. The minimum atomic E-state index is -0.125. The Morgan fingerprint density at radius 3 is 2.84 bits per heavy atom. The number of hydrogen-bond acceptors (Lipinski definition) is 6. The minimum absolute atomic E-state index is 0.125. The van der Waals surface area contributed by atoms with E-state index in [0.29, 0.717) is 23.0 Å². The number of amides is 1. The molecule has 1 saturated heterocycles. The SMILES string of the molecule is Cc1cc(C(=O)N(C)C2CN(Cc3noc4ccc(Cl)cc34)C2)no1. The summed E-state index contributed by atoms with van der Waals surface area (Å²) in [6.45, 7) is 3.97. The first kappa shape index (κ1) is 16.1. The number of benzene rings is 1. The topological polar surface area (TPSA) is 75.6 Å². The van der Waals surface area contributed by atoms with Crippen LogP contribution in [0.15, 0.2) is 33.3 Å². The highest BCUT2D eigenvalue weighted by atomic mass is 35.5. The Morgan fingerprint density at radius 2 is 2.12 bits per heavy atom. The van der Waals surface area contributed by atoms with E-state index in [1.54, 1.807) is 31.0 Å². The number of rotatable bonds is 4. The number of likely N-dealkylation sites (N-methyl/N-ethyl adjacent to an activating group) is 1. The van der Waals surface area contributed by atoms with Gasteiger partial charge in [-0.15, -0.1) is 0 Å². The van der Waals surface area contributed by atoms with Crippen LogP contribution >= 0.6 is 11.6 Å². The van der Waals surface area contributed by atoms with Crippen molar-refractivity contribution in [2.45, 2.75) is 19.5 Å². The molecule has 0 spiro atoms. The number of aromatic nitrogens is 2. The van der Waals surface area contributed by atoms with Crippen LogP contribution in [0.2, 0.25) is 5.02 Å². The molecule has 3 aromatic rings. The van der Waals surface area contributed by atoms with Crippen molar-refractivity contribution in [1.82, 2.24) is 20.1 Å². The van der Waals surface area contributed by atoms with Gasteiger partial charge in [0.1, 0.15) is 11.5 Å². The maximum Gasteiger partial charge on any atom is 0.276 e. The van der Waals surface area contributed by atoms with Crippen molar-refractivity contribution in [2.75, 3.05) is 20.1 Å². The summed E-state index contributed by atoms with van der Waals surface area (Å²) in [5.74, 6) is 0.503. The third-order valence-corrected chi connectivity index (χ3v) is 4.77. The van der Waals surface area contributed by atoms with E-state index < -0.39 is 0 Å². The van der Waals surface area contributed by atoms with Gasteiger partial charge < -0.3 is 13.9 Å². The maximum atomic E-state index is 12.4. The fourth-order valence-corrected chi connectivity index (χ4v) is 3.19. The second-order valence-electron chi connectivity index (χ2n) is 6.36. The summed E-state index contributed by atoms with van der Waals surface area (Å²) in [5, 5.41) is 9.51. The number of carbonyl (C=O) groups excluding carboxylic acids is 1. The molecular weight excluding hydrogens is 344 g/mol. The minimum Gasteiger partial charge on any atom is -0.361 e. The predicted molar refractivity (Wildman–Crippen MR) is 91.4 cm³/mol. The van der Waals surface area contributed by atoms with E-state index in [1.165, 1.54) is 0 Å². The average molecular weight is 361 g/mol. The van der Waals surface area contributed by atoms with E-state index >= 15 is 0 Å². The van der Waals surface area contributed by atoms with Crippen LogP contribution < -0.4 is 0 Å². The van der Waals surface area contributed by atoms with E-state index in [4.69, 9.17) is 20.6 Å². The highest BCUT2D eigenvalue weighted by Gasteiger charge is 2.34. The summed E-state index contributed by atoms with van der Waals surface area (Å²) in [7, 11) is 1.79. The average Bonchev–Trinajstić information content (AvgIpc) is 3.15. The molecule has 0 radical (unpaired) electrons. The summed E-state index contributed by atoms with van der Waals surface area (Å²) in [6.07, 6.45) is 0. The van der Waals surface area contributed by atoms with E-state index in [-0.39, 0.29) is 11.9 Å². The zero-order valence-corrected chi connectivity index (χ0v) is 14.7. The number of fused-ring (bicyclic) bond motifs is 1. The molecular formula is C17H17ClN4O3. The monoisotopic (exact) mass is 360 g/mol. The molecule has 4 rings (SSSR count). The van der Waals surface area contributed by atoms with Gasteiger partial charge in [0.05, 0.1) is 6.04 Å². The van der Waals surface area contributed by atoms with Gasteiger partial charge in [-0.05, 0) is 25.1 Å². The molecule has 1 aliphatic rings. The van der Waals surface area contributed by atoms with Crippen molar-refractivity contribution in [3.8, 4) is 0 Å². The quantitative estimate of drug-likeness (QED) is 0.712. The zero-order valence-electron chi connectivity index (χ0n) is 13.9. The van der Waals surface area contributed by atoms with Crippen LogP contribution in [0.1, 0.15) is 21.9 Å². The predicted octanol–water partition coefficient (Wildman–Crippen LogP) is 2.73. The lowest BCUT2D eigenvalue weighted by Gasteiger charge is -2.43. The van der Waals surface area contributed by atoms with Gasteiger partial charge in [-0.1, -0.05) is 21.9 Å². The van der Waals surface area contributed by atoms with Gasteiger partial charge in [0.15, 0.2) is 11.3 Å². The van der Waals surface area contributed by atoms with Crippen molar-refractivity contribution in [3.05, 3.63) is 46.4 Å². The summed E-state index contributed by atoms with van der Waals surface area (Å²) in [4.78, 5) is 16.3. The molecule has 0 bridgehead atoms. The van der Waals surface area contributed by atoms with Gasteiger partial charge in [-0.25, -0.2) is 0 Å². The lowest BCUT2D eigenvalue weighted by atomic mass is 10.1. The first-order valence-electron chi connectivity index (χ1n) is 7.98. The van der Waals surface area contributed by atoms with Gasteiger partial charge in [0, 0.05) is 43.2 Å². The molecule has 0 saturated carbocycles.